The maximum absolute atomic E-state index is 13.1. The van der Waals surface area contributed by atoms with Gasteiger partial charge in [0.2, 0.25) is 5.91 Å². The summed E-state index contributed by atoms with van der Waals surface area (Å²) < 4.78 is 11.2. The molecule has 0 bridgehead atoms. The fourth-order valence-electron chi connectivity index (χ4n) is 4.51. The molecule has 1 aromatic heterocycles. The number of rotatable bonds is 7. The molecular weight excluding hydrogens is 446 g/mol. The zero-order chi connectivity index (χ0) is 24.7. The number of nitrogens with zero attached hydrogens (tertiary/aromatic N) is 1. The maximum atomic E-state index is 13.1. The Hall–Kier alpha value is -3.39. The van der Waals surface area contributed by atoms with Crippen LogP contribution in [0.1, 0.15) is 50.4 Å². The molecule has 1 unspecified atom stereocenters. The number of carbonyl (C=O) groups is 3. The largest absolute Gasteiger partial charge is 0.456 e. The molecule has 8 nitrogen and oxygen atoms in total. The van der Waals surface area contributed by atoms with Crippen molar-refractivity contribution in [3.63, 3.8) is 0 Å². The molecule has 184 valence electrons. The lowest BCUT2D eigenvalue weighted by atomic mass is 10.0. The Kier molecular flexibility index (Phi) is 6.01. The number of furan rings is 1. The highest BCUT2D eigenvalue weighted by Gasteiger charge is 2.40. The third kappa shape index (κ3) is 4.89. The number of carbonyl (C=O) groups excluding carboxylic acids is 3. The van der Waals surface area contributed by atoms with Gasteiger partial charge in [-0.3, -0.25) is 14.4 Å². The zero-order valence-electron chi connectivity index (χ0n) is 20.3. The molecule has 0 radical (unpaired) electrons. The zero-order valence-corrected chi connectivity index (χ0v) is 20.3. The topological polar surface area (TPSA) is 101 Å². The van der Waals surface area contributed by atoms with Gasteiger partial charge in [0.25, 0.3) is 11.8 Å². The van der Waals surface area contributed by atoms with Crippen LogP contribution >= 0.6 is 0 Å². The molecule has 2 aliphatic rings. The van der Waals surface area contributed by atoms with Crippen LogP contribution in [0.25, 0.3) is 21.9 Å². The van der Waals surface area contributed by atoms with Crippen molar-refractivity contribution in [1.29, 1.82) is 0 Å². The smallest absolute Gasteiger partial charge is 0.253 e. The van der Waals surface area contributed by atoms with Crippen molar-refractivity contribution in [2.75, 3.05) is 24.7 Å². The Morgan fingerprint density at radius 1 is 1.09 bits per heavy atom. The number of amides is 3. The summed E-state index contributed by atoms with van der Waals surface area (Å²) in [5, 5.41) is 7.72. The molecule has 2 fully saturated rings. The van der Waals surface area contributed by atoms with Crippen molar-refractivity contribution in [1.82, 2.24) is 10.6 Å². The first-order valence-corrected chi connectivity index (χ1v) is 12.2. The lowest BCUT2D eigenvalue weighted by molar-refractivity contribution is -0.126. The fraction of sp³-hybridized carbons (Fsp3) is 0.444. The Bertz CT molecular complexity index is 1310. The van der Waals surface area contributed by atoms with E-state index >= 15 is 0 Å². The molecule has 8 heteroatoms. The Balaban J connectivity index is 1.38. The van der Waals surface area contributed by atoms with Gasteiger partial charge in [-0.1, -0.05) is 13.8 Å². The lowest BCUT2D eigenvalue weighted by Gasteiger charge is -2.26. The average Bonchev–Trinajstić information content (AvgIpc) is 3.43. The first kappa shape index (κ1) is 23.4. The summed E-state index contributed by atoms with van der Waals surface area (Å²) in [5.74, 6) is -0.266. The second kappa shape index (κ2) is 9.00. The quantitative estimate of drug-likeness (QED) is 0.540. The van der Waals surface area contributed by atoms with E-state index in [9.17, 15) is 14.4 Å². The predicted octanol–water partition coefficient (Wildman–Crippen LogP) is 3.76. The minimum absolute atomic E-state index is 0.0713. The van der Waals surface area contributed by atoms with Gasteiger partial charge in [-0.2, -0.15) is 0 Å². The number of hydrogen-bond donors (Lipinski definition) is 2. The summed E-state index contributed by atoms with van der Waals surface area (Å²) in [6.07, 6.45) is 2.49. The third-order valence-electron chi connectivity index (χ3n) is 6.77. The summed E-state index contributed by atoms with van der Waals surface area (Å²) in [5.41, 5.74) is 2.33. The van der Waals surface area contributed by atoms with Crippen LogP contribution in [-0.2, 0) is 14.3 Å². The molecule has 3 aromatic rings. The van der Waals surface area contributed by atoms with Crippen molar-refractivity contribution in [2.45, 2.75) is 51.6 Å². The van der Waals surface area contributed by atoms with E-state index in [1.54, 1.807) is 17.0 Å². The van der Waals surface area contributed by atoms with E-state index in [1.165, 1.54) is 0 Å². The van der Waals surface area contributed by atoms with Gasteiger partial charge in [-0.05, 0) is 68.5 Å². The molecule has 5 rings (SSSR count). The normalized spacial score (nSPS) is 18.2. The Labute approximate surface area is 204 Å². The number of morpholine rings is 1. The highest BCUT2D eigenvalue weighted by molar-refractivity contribution is 6.09. The number of anilines is 1. The highest BCUT2D eigenvalue weighted by Crippen LogP contribution is 2.35. The second-order valence-corrected chi connectivity index (χ2v) is 10.3. The van der Waals surface area contributed by atoms with Gasteiger partial charge in [0, 0.05) is 34.1 Å². The molecule has 2 aromatic carbocycles. The molecule has 3 amide bonds. The van der Waals surface area contributed by atoms with Gasteiger partial charge in [-0.15, -0.1) is 0 Å². The Morgan fingerprint density at radius 2 is 1.89 bits per heavy atom. The molecule has 1 aliphatic carbocycles. The number of nitrogens with one attached hydrogen (secondary N) is 2. The van der Waals surface area contributed by atoms with Crippen LogP contribution in [0.2, 0.25) is 0 Å². The number of fused-ring (bicyclic) bond motifs is 3. The van der Waals surface area contributed by atoms with Crippen molar-refractivity contribution in [3.05, 3.63) is 42.0 Å². The van der Waals surface area contributed by atoms with Gasteiger partial charge in [0.15, 0.2) is 0 Å². The van der Waals surface area contributed by atoms with E-state index < -0.39 is 6.04 Å². The van der Waals surface area contributed by atoms with Crippen molar-refractivity contribution in [2.24, 2.45) is 5.92 Å². The summed E-state index contributed by atoms with van der Waals surface area (Å²) in [6, 6.07) is 10.3. The van der Waals surface area contributed by atoms with Gasteiger partial charge in [-0.25, -0.2) is 0 Å². The summed E-state index contributed by atoms with van der Waals surface area (Å²) in [6.45, 7) is 7.18. The highest BCUT2D eigenvalue weighted by atomic mass is 16.5. The standard InChI is InChI=1S/C27H31N3O5/c1-16(2)12-21(26(33)29-27(3)8-9-27)28-25(32)17-4-6-19-20-14-18(30-10-11-34-15-24(30)31)5-7-22(20)35-23(19)13-17/h4-7,13-14,16,21H,8-12,15H2,1-3H3,(H,28,32)(H,29,33). The van der Waals surface area contributed by atoms with E-state index in [0.29, 0.717) is 36.3 Å². The fourth-order valence-corrected chi connectivity index (χ4v) is 4.51. The SMILES string of the molecule is CC(C)CC(NC(=O)c1ccc2c(c1)oc1ccc(N3CCOCC3=O)cc12)C(=O)NC1(C)CC1. The van der Waals surface area contributed by atoms with Crippen molar-refractivity contribution >= 4 is 45.3 Å². The van der Waals surface area contributed by atoms with Gasteiger partial charge >= 0.3 is 0 Å². The Morgan fingerprint density at radius 3 is 2.60 bits per heavy atom. The van der Waals surface area contributed by atoms with Crippen LogP contribution < -0.4 is 15.5 Å². The summed E-state index contributed by atoms with van der Waals surface area (Å²) in [4.78, 5) is 39.9. The average molecular weight is 478 g/mol. The molecule has 1 saturated heterocycles. The van der Waals surface area contributed by atoms with E-state index in [-0.39, 0.29) is 35.8 Å². The number of ether oxygens (including phenoxy) is 1. The first-order chi connectivity index (χ1) is 16.7. The number of benzene rings is 2. The minimum Gasteiger partial charge on any atom is -0.456 e. The minimum atomic E-state index is -0.597. The van der Waals surface area contributed by atoms with Crippen molar-refractivity contribution in [3.8, 4) is 0 Å². The molecule has 1 aliphatic heterocycles. The molecule has 0 spiro atoms. The van der Waals surface area contributed by atoms with E-state index in [1.807, 2.05) is 45.0 Å². The first-order valence-electron chi connectivity index (χ1n) is 12.2. The van der Waals surface area contributed by atoms with Gasteiger partial charge in [0.05, 0.1) is 6.61 Å². The summed E-state index contributed by atoms with van der Waals surface area (Å²) in [7, 11) is 0. The van der Waals surface area contributed by atoms with E-state index in [0.717, 1.165) is 29.3 Å². The van der Waals surface area contributed by atoms with Gasteiger partial charge in [0.1, 0.15) is 23.8 Å². The van der Waals surface area contributed by atoms with Gasteiger partial charge < -0.3 is 24.7 Å². The lowest BCUT2D eigenvalue weighted by Crippen LogP contribution is -2.50. The van der Waals surface area contributed by atoms with E-state index in [4.69, 9.17) is 9.15 Å². The molecular formula is C27H31N3O5. The van der Waals surface area contributed by atoms with E-state index in [2.05, 4.69) is 10.6 Å². The second-order valence-electron chi connectivity index (χ2n) is 10.3. The van der Waals surface area contributed by atoms with Crippen LogP contribution in [0, 0.1) is 5.92 Å². The van der Waals surface area contributed by atoms with Crippen LogP contribution in [0.15, 0.2) is 40.8 Å². The van der Waals surface area contributed by atoms with Crippen molar-refractivity contribution < 1.29 is 23.5 Å². The molecule has 2 N–H and O–H groups in total. The predicted molar refractivity (Wildman–Crippen MR) is 133 cm³/mol. The number of hydrogen-bond acceptors (Lipinski definition) is 5. The molecule has 1 atom stereocenters. The van der Waals surface area contributed by atoms with Crippen LogP contribution in [-0.4, -0.2) is 49.1 Å². The molecule has 35 heavy (non-hydrogen) atoms. The van der Waals surface area contributed by atoms with Crippen LogP contribution in [0.3, 0.4) is 0 Å². The van der Waals surface area contributed by atoms with Crippen LogP contribution in [0.5, 0.6) is 0 Å². The summed E-state index contributed by atoms with van der Waals surface area (Å²) >= 11 is 0. The van der Waals surface area contributed by atoms with Crippen LogP contribution in [0.4, 0.5) is 5.69 Å². The monoisotopic (exact) mass is 477 g/mol. The third-order valence-corrected chi connectivity index (χ3v) is 6.77. The molecule has 1 saturated carbocycles. The molecule has 2 heterocycles. The maximum Gasteiger partial charge on any atom is 0.253 e.